The molecule has 390 valence electrons. The minimum Gasteiger partial charge on any atom is -0.269 e. The molecule has 0 fully saturated rings. The van der Waals surface area contributed by atoms with Gasteiger partial charge in [-0.1, -0.05) is 48.5 Å². The van der Waals surface area contributed by atoms with Gasteiger partial charge in [0, 0.05) is 48.0 Å². The highest BCUT2D eigenvalue weighted by Crippen LogP contribution is 2.38. The molecule has 0 aromatic heterocycles. The van der Waals surface area contributed by atoms with Crippen molar-refractivity contribution in [3.05, 3.63) is 11.9 Å². The van der Waals surface area contributed by atoms with Crippen LogP contribution in [0.2, 0.25) is 0 Å². The monoisotopic (exact) mass is 985 g/mol. The molecule has 2 unspecified atom stereocenters. The van der Waals surface area contributed by atoms with Crippen LogP contribution in [0.3, 0.4) is 0 Å². The van der Waals surface area contributed by atoms with Crippen molar-refractivity contribution in [3.8, 4) is 0 Å². The summed E-state index contributed by atoms with van der Waals surface area (Å²) in [5, 5.41) is 0. The van der Waals surface area contributed by atoms with E-state index in [1.54, 1.807) is 6.92 Å². The minimum atomic E-state index is -3.31. The van der Waals surface area contributed by atoms with Crippen LogP contribution in [0.4, 0.5) is 106 Å². The molecule has 0 radical (unpaired) electrons. The van der Waals surface area contributed by atoms with E-state index in [4.69, 9.17) is 0 Å². The zero-order chi connectivity index (χ0) is 50.4. The van der Waals surface area contributed by atoms with Crippen LogP contribution in [0.5, 0.6) is 0 Å². The third-order valence-electron chi connectivity index (χ3n) is 7.29. The van der Waals surface area contributed by atoms with Gasteiger partial charge in [0.15, 0.2) is 0 Å². The standard InChI is InChI=1S/C7H12F4.C7H13F3.3C6H10F4.C6H9F3.2FH.2H2/c1-4-7(10,11)5(2)6(3,8)9;1-4-6(2,8)5-7(3,9)10;3*1-3-6(9,10)4-5(2,7)8;1-3-5(7)4-6(2,8)9;;;;/h5H,4H2,1-3H3;4-5H2,1-3H3;3*3-4H2,1-2H3;4H,3H2,1-2H3;4*1H/b;;;;;5-4+;;;;/i;;;;;;;;2*1+1. The van der Waals surface area contributed by atoms with E-state index in [2.05, 4.69) is 0 Å². The van der Waals surface area contributed by atoms with Crippen molar-refractivity contribution in [1.29, 1.82) is 0 Å². The van der Waals surface area contributed by atoms with Crippen LogP contribution in [0, 0.1) is 5.92 Å². The first kappa shape index (κ1) is 77.3. The molecule has 62 heavy (non-hydrogen) atoms. The second-order valence-electron chi connectivity index (χ2n) is 15.1. The predicted octanol–water partition coefficient (Wildman–Crippen LogP) is 19.4. The molecule has 0 spiro atoms. The predicted molar refractivity (Wildman–Crippen MR) is 201 cm³/mol. The second-order valence-corrected chi connectivity index (χ2v) is 15.1. The molecular formula is C38H70F24. The fourth-order valence-electron chi connectivity index (χ4n) is 3.56. The minimum absolute atomic E-state index is 0. The van der Waals surface area contributed by atoms with Crippen LogP contribution in [0.1, 0.15) is 164 Å². The molecule has 0 nitrogen and oxygen atoms in total. The molecule has 0 aromatic rings. The topological polar surface area (TPSA) is 0 Å². The van der Waals surface area contributed by atoms with Crippen molar-refractivity contribution < 1.29 is 109 Å². The van der Waals surface area contributed by atoms with Crippen molar-refractivity contribution in [2.75, 3.05) is 0 Å². The van der Waals surface area contributed by atoms with Gasteiger partial charge in [0.1, 0.15) is 11.5 Å². The van der Waals surface area contributed by atoms with Gasteiger partial charge in [0.05, 0.1) is 25.2 Å². The first-order valence-corrected chi connectivity index (χ1v) is 18.6. The van der Waals surface area contributed by atoms with Gasteiger partial charge in [-0.05, 0) is 54.4 Å². The first-order valence-electron chi connectivity index (χ1n) is 18.6. The van der Waals surface area contributed by atoms with Gasteiger partial charge in [-0.25, -0.2) is 96.6 Å². The van der Waals surface area contributed by atoms with Gasteiger partial charge in [-0.15, -0.1) is 0 Å². The summed E-state index contributed by atoms with van der Waals surface area (Å²) in [6.45, 7) is 13.3. The highest BCUT2D eigenvalue weighted by Gasteiger charge is 2.47. The molecule has 0 amide bonds. The van der Waals surface area contributed by atoms with E-state index in [1.165, 1.54) is 41.5 Å². The zero-order valence-corrected chi connectivity index (χ0v) is 37.4. The summed E-state index contributed by atoms with van der Waals surface area (Å²) < 4.78 is 267. The molecule has 0 aromatic carbocycles. The Kier molecular flexibility index (Phi) is 37.8. The highest BCUT2D eigenvalue weighted by molar-refractivity contribution is 4.98. The average Bonchev–Trinajstić information content (AvgIpc) is 2.96. The van der Waals surface area contributed by atoms with Gasteiger partial charge in [0.2, 0.25) is 5.92 Å². The van der Waals surface area contributed by atoms with Gasteiger partial charge in [0.25, 0.3) is 53.3 Å². The van der Waals surface area contributed by atoms with E-state index in [0.717, 1.165) is 13.8 Å². The van der Waals surface area contributed by atoms with Crippen molar-refractivity contribution >= 4 is 0 Å². The van der Waals surface area contributed by atoms with Gasteiger partial charge in [-0.2, -0.15) is 0 Å². The van der Waals surface area contributed by atoms with E-state index in [1.807, 2.05) is 0 Å². The number of alkyl halides is 21. The van der Waals surface area contributed by atoms with Crippen molar-refractivity contribution in [1.82, 2.24) is 0 Å². The van der Waals surface area contributed by atoms with Crippen LogP contribution in [-0.4, -0.2) is 64.9 Å². The van der Waals surface area contributed by atoms with Crippen molar-refractivity contribution in [3.63, 3.8) is 0 Å². The zero-order valence-electron chi connectivity index (χ0n) is 37.4. The molecule has 0 N–H and O–H groups in total. The van der Waals surface area contributed by atoms with Crippen LogP contribution < -0.4 is 0 Å². The van der Waals surface area contributed by atoms with E-state index in [0.29, 0.717) is 40.7 Å². The van der Waals surface area contributed by atoms with Gasteiger partial charge >= 0.3 is 0 Å². The van der Waals surface area contributed by atoms with Gasteiger partial charge < -0.3 is 0 Å². The summed E-state index contributed by atoms with van der Waals surface area (Å²) >= 11 is 0. The molecule has 0 saturated carbocycles. The summed E-state index contributed by atoms with van der Waals surface area (Å²) in [6, 6.07) is 0. The maximum atomic E-state index is 12.8. The Morgan fingerprint density at radius 1 is 0.419 bits per heavy atom. The van der Waals surface area contributed by atoms with E-state index in [9.17, 15) is 96.6 Å². The fraction of sp³-hybridized carbons (Fsp3) is 0.947. The molecule has 24 heteroatoms. The number of halogens is 24. The molecule has 0 saturated heterocycles. The van der Waals surface area contributed by atoms with E-state index < -0.39 is 128 Å². The fourth-order valence-corrected chi connectivity index (χ4v) is 3.56. The normalized spacial score (nSPS) is 14.7. The Morgan fingerprint density at radius 3 is 0.726 bits per heavy atom. The summed E-state index contributed by atoms with van der Waals surface area (Å²) in [5.41, 5.74) is -1.72. The molecule has 0 aliphatic rings. The Balaban J connectivity index is -0.0000000676. The SMILES string of the molecule is CC/C(F)=C\C(C)(F)F.CCC(C)(F)CC(C)(F)F.CCC(F)(F)C(C)C(C)(F)F.CCC(F)(F)CC(C)(F)F.CCC(F)(F)CC(C)(F)F.CCC(F)(F)CC(C)(F)F.F.F.[2HH].[2HH]. The number of hydrogen-bond donors (Lipinski definition) is 0. The number of allylic oxidation sites excluding steroid dienone is 2. The smallest absolute Gasteiger partial charge is 0.266 e. The Labute approximate surface area is 353 Å². The quantitative estimate of drug-likeness (QED) is 0.127. The average molecular weight is 985 g/mol. The lowest BCUT2D eigenvalue weighted by Crippen LogP contribution is -2.37. The summed E-state index contributed by atoms with van der Waals surface area (Å²) in [4.78, 5) is 0. The number of hydrogen-bond acceptors (Lipinski definition) is 0. The lowest BCUT2D eigenvalue weighted by molar-refractivity contribution is -0.156. The third-order valence-corrected chi connectivity index (χ3v) is 7.29. The largest absolute Gasteiger partial charge is 0.269 e. The van der Waals surface area contributed by atoms with Crippen LogP contribution in [0.25, 0.3) is 0 Å². The Bertz CT molecular complexity index is 999. The molecular weight excluding hydrogens is 912 g/mol. The summed E-state index contributed by atoms with van der Waals surface area (Å²) in [5.74, 6) is -34.6. The van der Waals surface area contributed by atoms with Crippen molar-refractivity contribution in [2.24, 2.45) is 5.92 Å². The maximum absolute atomic E-state index is 12.8. The van der Waals surface area contributed by atoms with Crippen molar-refractivity contribution in [2.45, 2.75) is 226 Å². The van der Waals surface area contributed by atoms with Gasteiger partial charge in [-0.3, -0.25) is 9.41 Å². The second kappa shape index (κ2) is 30.3. The number of rotatable bonds is 17. The van der Waals surface area contributed by atoms with Crippen LogP contribution in [0.15, 0.2) is 11.9 Å². The Hall–Kier alpha value is -1.94. The summed E-state index contributed by atoms with van der Waals surface area (Å²) in [7, 11) is 0. The molecule has 0 aliphatic carbocycles. The Morgan fingerprint density at radius 2 is 0.661 bits per heavy atom. The van der Waals surface area contributed by atoms with E-state index >= 15 is 0 Å². The highest BCUT2D eigenvalue weighted by atomic mass is 19.3. The lowest BCUT2D eigenvalue weighted by Gasteiger charge is -2.27. The van der Waals surface area contributed by atoms with Crippen LogP contribution >= 0.6 is 0 Å². The molecule has 2 atom stereocenters. The first-order chi connectivity index (χ1) is 25.7. The third kappa shape index (κ3) is 60.1. The lowest BCUT2D eigenvalue weighted by atomic mass is 9.95. The van der Waals surface area contributed by atoms with Crippen LogP contribution in [-0.2, 0) is 0 Å². The molecule has 0 aliphatic heterocycles. The molecule has 0 bridgehead atoms. The summed E-state index contributed by atoms with van der Waals surface area (Å²) in [6.07, 6.45) is -6.38. The maximum Gasteiger partial charge on any atom is 0.266 e. The molecule has 0 rings (SSSR count). The molecule has 0 heterocycles. The van der Waals surface area contributed by atoms with E-state index in [-0.39, 0.29) is 25.1 Å².